The van der Waals surface area contributed by atoms with Crippen molar-refractivity contribution in [2.24, 2.45) is 0 Å². The SMILES string of the molecule is Nc1ccc(OC[C@@H]2CO[C@@](CCc3ccc(Cl)cc3)(Cn3ccnc3)O2)c(F)c1. The summed E-state index contributed by atoms with van der Waals surface area (Å²) in [5, 5.41) is 0.701. The third kappa shape index (κ3) is 5.11. The molecule has 1 saturated heterocycles. The fourth-order valence-electron chi connectivity index (χ4n) is 3.45. The first-order valence-electron chi connectivity index (χ1n) is 9.71. The number of hydrogen-bond acceptors (Lipinski definition) is 5. The first kappa shape index (κ1) is 20.7. The van der Waals surface area contributed by atoms with E-state index in [9.17, 15) is 4.39 Å². The molecule has 8 heteroatoms. The van der Waals surface area contributed by atoms with Crippen molar-refractivity contribution in [1.29, 1.82) is 0 Å². The van der Waals surface area contributed by atoms with Crippen LogP contribution in [0, 0.1) is 5.82 Å². The van der Waals surface area contributed by atoms with Crippen LogP contribution in [0.4, 0.5) is 10.1 Å². The van der Waals surface area contributed by atoms with Crippen LogP contribution in [0.1, 0.15) is 12.0 Å². The number of imidazole rings is 1. The van der Waals surface area contributed by atoms with Crippen LogP contribution in [0.25, 0.3) is 0 Å². The van der Waals surface area contributed by atoms with Crippen molar-refractivity contribution in [2.45, 2.75) is 31.3 Å². The van der Waals surface area contributed by atoms with E-state index in [1.807, 2.05) is 35.0 Å². The smallest absolute Gasteiger partial charge is 0.187 e. The first-order chi connectivity index (χ1) is 14.5. The van der Waals surface area contributed by atoms with E-state index in [-0.39, 0.29) is 18.5 Å². The third-order valence-electron chi connectivity index (χ3n) is 4.98. The van der Waals surface area contributed by atoms with Crippen molar-refractivity contribution >= 4 is 17.3 Å². The number of aromatic nitrogens is 2. The average Bonchev–Trinajstić information content (AvgIpc) is 3.38. The topological polar surface area (TPSA) is 71.5 Å². The number of nitrogens with two attached hydrogens (primary N) is 1. The number of benzene rings is 2. The molecule has 2 atom stereocenters. The summed E-state index contributed by atoms with van der Waals surface area (Å²) in [7, 11) is 0. The summed E-state index contributed by atoms with van der Waals surface area (Å²) in [6.45, 7) is 1.02. The summed E-state index contributed by atoms with van der Waals surface area (Å²) in [4.78, 5) is 4.10. The van der Waals surface area contributed by atoms with Gasteiger partial charge in [-0.3, -0.25) is 0 Å². The number of aryl methyl sites for hydroxylation is 1. The molecule has 0 bridgehead atoms. The molecule has 6 nitrogen and oxygen atoms in total. The van der Waals surface area contributed by atoms with Gasteiger partial charge in [-0.2, -0.15) is 0 Å². The minimum absolute atomic E-state index is 0.140. The normalized spacial score (nSPS) is 21.1. The number of ether oxygens (including phenoxy) is 3. The molecular formula is C22H23ClFN3O3. The average molecular weight is 432 g/mol. The Balaban J connectivity index is 1.41. The number of rotatable bonds is 8. The second kappa shape index (κ2) is 9.04. The zero-order chi connectivity index (χ0) is 21.0. The maximum absolute atomic E-state index is 14.0. The quantitative estimate of drug-likeness (QED) is 0.544. The van der Waals surface area contributed by atoms with E-state index in [2.05, 4.69) is 4.98 Å². The summed E-state index contributed by atoms with van der Waals surface area (Å²) >= 11 is 5.98. The third-order valence-corrected chi connectivity index (χ3v) is 5.24. The Kier molecular flexibility index (Phi) is 6.22. The molecular weight excluding hydrogens is 409 g/mol. The van der Waals surface area contributed by atoms with E-state index in [4.69, 9.17) is 31.5 Å². The van der Waals surface area contributed by atoms with Crippen molar-refractivity contribution < 1.29 is 18.6 Å². The van der Waals surface area contributed by atoms with Crippen LogP contribution in [0.3, 0.4) is 0 Å². The van der Waals surface area contributed by atoms with Gasteiger partial charge in [0.05, 0.1) is 19.5 Å². The summed E-state index contributed by atoms with van der Waals surface area (Å²) in [6, 6.07) is 12.1. The fourth-order valence-corrected chi connectivity index (χ4v) is 3.58. The molecule has 1 fully saturated rings. The highest BCUT2D eigenvalue weighted by Gasteiger charge is 2.42. The Morgan fingerprint density at radius 2 is 2.10 bits per heavy atom. The molecule has 158 valence electrons. The van der Waals surface area contributed by atoms with Gasteiger partial charge < -0.3 is 24.5 Å². The van der Waals surface area contributed by atoms with E-state index in [0.717, 1.165) is 12.0 Å². The molecule has 4 rings (SSSR count). The van der Waals surface area contributed by atoms with Gasteiger partial charge in [0.1, 0.15) is 12.7 Å². The minimum Gasteiger partial charge on any atom is -0.488 e. The van der Waals surface area contributed by atoms with E-state index >= 15 is 0 Å². The largest absolute Gasteiger partial charge is 0.488 e. The molecule has 0 saturated carbocycles. The molecule has 2 aromatic carbocycles. The van der Waals surface area contributed by atoms with E-state index in [1.54, 1.807) is 18.6 Å². The minimum atomic E-state index is -0.825. The van der Waals surface area contributed by atoms with Gasteiger partial charge in [-0.15, -0.1) is 0 Å². The molecule has 1 aliphatic heterocycles. The zero-order valence-corrected chi connectivity index (χ0v) is 17.1. The van der Waals surface area contributed by atoms with Crippen molar-refractivity contribution in [3.63, 3.8) is 0 Å². The van der Waals surface area contributed by atoms with Crippen molar-refractivity contribution in [3.05, 3.63) is 77.6 Å². The molecule has 2 N–H and O–H groups in total. The van der Waals surface area contributed by atoms with Crippen molar-refractivity contribution in [2.75, 3.05) is 18.9 Å². The van der Waals surface area contributed by atoms with Crippen LogP contribution in [0.2, 0.25) is 5.02 Å². The van der Waals surface area contributed by atoms with Crippen LogP contribution in [0.5, 0.6) is 5.75 Å². The zero-order valence-electron chi connectivity index (χ0n) is 16.3. The highest BCUT2D eigenvalue weighted by Crippen LogP contribution is 2.32. The number of hydrogen-bond donors (Lipinski definition) is 1. The van der Waals surface area contributed by atoms with Crippen LogP contribution >= 0.6 is 11.6 Å². The number of nitrogen functional groups attached to an aromatic ring is 1. The Bertz CT molecular complexity index is 968. The van der Waals surface area contributed by atoms with Gasteiger partial charge in [0.2, 0.25) is 0 Å². The van der Waals surface area contributed by atoms with Gasteiger partial charge in [0.15, 0.2) is 17.4 Å². The van der Waals surface area contributed by atoms with Crippen LogP contribution in [0.15, 0.2) is 61.2 Å². The van der Waals surface area contributed by atoms with E-state index in [1.165, 1.54) is 12.1 Å². The standard InChI is InChI=1S/C22H23ClFN3O3/c23-17-3-1-16(2-4-17)7-8-22(14-27-10-9-26-15-27)29-13-19(30-22)12-28-21-6-5-18(25)11-20(21)24/h1-6,9-11,15,19H,7-8,12-14,25H2/t19-,22-/m1/s1. The Morgan fingerprint density at radius 1 is 1.27 bits per heavy atom. The molecule has 1 aromatic heterocycles. The van der Waals surface area contributed by atoms with E-state index < -0.39 is 11.6 Å². The number of anilines is 1. The highest BCUT2D eigenvalue weighted by molar-refractivity contribution is 6.30. The highest BCUT2D eigenvalue weighted by atomic mass is 35.5. The van der Waals surface area contributed by atoms with Crippen molar-refractivity contribution in [1.82, 2.24) is 9.55 Å². The lowest BCUT2D eigenvalue weighted by molar-refractivity contribution is -0.184. The molecule has 0 unspecified atom stereocenters. The molecule has 30 heavy (non-hydrogen) atoms. The van der Waals surface area contributed by atoms with Crippen LogP contribution < -0.4 is 10.5 Å². The van der Waals surface area contributed by atoms with E-state index in [0.29, 0.717) is 30.3 Å². The number of halogens is 2. The monoisotopic (exact) mass is 431 g/mol. The van der Waals surface area contributed by atoms with Gasteiger partial charge in [-0.05, 0) is 36.2 Å². The fraction of sp³-hybridized carbons (Fsp3) is 0.318. The number of nitrogens with zero attached hydrogens (tertiary/aromatic N) is 2. The molecule has 0 amide bonds. The first-order valence-corrected chi connectivity index (χ1v) is 10.1. The van der Waals surface area contributed by atoms with Crippen LogP contribution in [-0.4, -0.2) is 34.7 Å². The molecule has 0 spiro atoms. The Hall–Kier alpha value is -2.61. The van der Waals surface area contributed by atoms with Gasteiger partial charge >= 0.3 is 0 Å². The predicted molar refractivity (Wildman–Crippen MR) is 112 cm³/mol. The molecule has 0 radical (unpaired) electrons. The second-order valence-corrected chi connectivity index (χ2v) is 7.76. The Morgan fingerprint density at radius 3 is 2.83 bits per heavy atom. The Labute approximate surface area is 179 Å². The summed E-state index contributed by atoms with van der Waals surface area (Å²) in [6.07, 6.45) is 6.38. The molecule has 3 aromatic rings. The lowest BCUT2D eigenvalue weighted by Crippen LogP contribution is -2.37. The van der Waals surface area contributed by atoms with Gasteiger partial charge in [0.25, 0.3) is 0 Å². The summed E-state index contributed by atoms with van der Waals surface area (Å²) in [5.41, 5.74) is 7.07. The lowest BCUT2D eigenvalue weighted by atomic mass is 10.0. The lowest BCUT2D eigenvalue weighted by Gasteiger charge is -2.28. The summed E-state index contributed by atoms with van der Waals surface area (Å²) in [5.74, 6) is -1.18. The van der Waals surface area contributed by atoms with Crippen LogP contribution in [-0.2, 0) is 22.4 Å². The van der Waals surface area contributed by atoms with Gasteiger partial charge in [-0.25, -0.2) is 9.37 Å². The van der Waals surface area contributed by atoms with Gasteiger partial charge in [0, 0.05) is 35.6 Å². The van der Waals surface area contributed by atoms with Gasteiger partial charge in [-0.1, -0.05) is 23.7 Å². The molecule has 2 heterocycles. The predicted octanol–water partition coefficient (Wildman–Crippen LogP) is 4.08. The maximum atomic E-state index is 14.0. The molecule has 0 aliphatic carbocycles. The maximum Gasteiger partial charge on any atom is 0.187 e. The molecule has 1 aliphatic rings. The van der Waals surface area contributed by atoms with Crippen molar-refractivity contribution in [3.8, 4) is 5.75 Å². The summed E-state index contributed by atoms with van der Waals surface area (Å²) < 4.78 is 33.9. The second-order valence-electron chi connectivity index (χ2n) is 7.32.